The van der Waals surface area contributed by atoms with Gasteiger partial charge in [0.15, 0.2) is 10.2 Å². The van der Waals surface area contributed by atoms with Gasteiger partial charge in [-0.25, -0.2) is 4.98 Å². The molecule has 3 rings (SSSR count). The molecule has 3 aromatic rings. The topological polar surface area (TPSA) is 63.2 Å². The van der Waals surface area contributed by atoms with E-state index in [0.29, 0.717) is 21.5 Å². The molecule has 0 spiro atoms. The first-order chi connectivity index (χ1) is 13.2. The Balaban J connectivity index is 1.68. The van der Waals surface area contributed by atoms with Gasteiger partial charge in [-0.1, -0.05) is 55.8 Å². The maximum atomic E-state index is 12.4. The number of carbonyl (C=O) groups is 1. The number of nitrogens with one attached hydrogen (secondary N) is 2. The molecule has 1 aromatic heterocycles. The van der Waals surface area contributed by atoms with E-state index >= 15 is 0 Å². The summed E-state index contributed by atoms with van der Waals surface area (Å²) < 4.78 is 6.12. The Labute approximate surface area is 178 Å². The number of hydrogen-bond donors (Lipinski definition) is 2. The molecule has 146 valence electrons. The van der Waals surface area contributed by atoms with Crippen LogP contribution in [0.1, 0.15) is 36.7 Å². The Morgan fingerprint density at radius 2 is 1.89 bits per heavy atom. The molecular weight excluding hydrogens is 414 g/mol. The summed E-state index contributed by atoms with van der Waals surface area (Å²) in [5.74, 6) is 0.308. The molecule has 0 aliphatic rings. The first-order valence-electron chi connectivity index (χ1n) is 8.54. The number of ether oxygens (including phenoxy) is 1. The lowest BCUT2D eigenvalue weighted by Crippen LogP contribution is -2.34. The number of rotatable bonds is 3. The molecule has 0 saturated carbocycles. The fraction of sp³-hybridized carbons (Fsp3) is 0.250. The zero-order valence-electron chi connectivity index (χ0n) is 15.9. The van der Waals surface area contributed by atoms with Crippen molar-refractivity contribution in [3.63, 3.8) is 0 Å². The Morgan fingerprint density at radius 1 is 1.21 bits per heavy atom. The normalized spacial score (nSPS) is 11.3. The molecule has 0 bridgehead atoms. The van der Waals surface area contributed by atoms with Gasteiger partial charge in [0.25, 0.3) is 5.91 Å². The van der Waals surface area contributed by atoms with Gasteiger partial charge in [0.05, 0.1) is 22.3 Å². The Bertz CT molecular complexity index is 1040. The number of thiazole rings is 1. The predicted octanol–water partition coefficient (Wildman–Crippen LogP) is 5.38. The quantitative estimate of drug-likeness (QED) is 0.542. The molecule has 1 heterocycles. The standard InChI is InChI=1S/C20H20ClN3O2S2/c1-20(2,3)12-7-5-11(6-8-12)17(25)23-18(27)24-19-22-14-9-13(21)15(26-4)10-16(14)28-19/h5-10H,1-4H3,(H2,22,23,24,25,27). The SMILES string of the molecule is COc1cc2sc(NC(=S)NC(=O)c3ccc(C(C)(C)C)cc3)nc2cc1Cl. The molecular formula is C20H20ClN3O2S2. The zero-order valence-corrected chi connectivity index (χ0v) is 18.3. The molecule has 0 unspecified atom stereocenters. The molecule has 0 atom stereocenters. The van der Waals surface area contributed by atoms with Gasteiger partial charge in [0, 0.05) is 11.6 Å². The fourth-order valence-corrected chi connectivity index (χ4v) is 3.93. The van der Waals surface area contributed by atoms with Crippen LogP contribution in [0.4, 0.5) is 5.13 Å². The Hall–Kier alpha value is -2.22. The third-order valence-electron chi connectivity index (χ3n) is 4.12. The number of nitrogens with zero attached hydrogens (tertiary/aromatic N) is 1. The summed E-state index contributed by atoms with van der Waals surface area (Å²) in [5, 5.41) is 6.86. The molecule has 2 aromatic carbocycles. The van der Waals surface area contributed by atoms with Crippen molar-refractivity contribution in [2.45, 2.75) is 26.2 Å². The average Bonchev–Trinajstić information content (AvgIpc) is 3.00. The third-order valence-corrected chi connectivity index (χ3v) is 5.56. The molecule has 1 amide bonds. The van der Waals surface area contributed by atoms with Gasteiger partial charge in [-0.15, -0.1) is 0 Å². The van der Waals surface area contributed by atoms with E-state index in [4.69, 9.17) is 28.6 Å². The highest BCUT2D eigenvalue weighted by molar-refractivity contribution is 7.80. The second-order valence-corrected chi connectivity index (χ2v) is 9.06. The summed E-state index contributed by atoms with van der Waals surface area (Å²) in [6, 6.07) is 11.1. The largest absolute Gasteiger partial charge is 0.495 e. The molecule has 2 N–H and O–H groups in total. The first-order valence-corrected chi connectivity index (χ1v) is 10.1. The van der Waals surface area contributed by atoms with Gasteiger partial charge in [0.1, 0.15) is 5.75 Å². The van der Waals surface area contributed by atoms with E-state index in [1.54, 1.807) is 25.3 Å². The van der Waals surface area contributed by atoms with E-state index < -0.39 is 0 Å². The van der Waals surface area contributed by atoms with Gasteiger partial charge < -0.3 is 10.1 Å². The summed E-state index contributed by atoms with van der Waals surface area (Å²) in [6.45, 7) is 6.38. The van der Waals surface area contributed by atoms with Crippen molar-refractivity contribution in [1.82, 2.24) is 10.3 Å². The number of halogens is 1. The van der Waals surface area contributed by atoms with Crippen LogP contribution in [-0.4, -0.2) is 23.1 Å². The van der Waals surface area contributed by atoms with Crippen molar-refractivity contribution in [2.75, 3.05) is 12.4 Å². The number of anilines is 1. The Kier molecular flexibility index (Phi) is 5.88. The molecule has 5 nitrogen and oxygen atoms in total. The minimum atomic E-state index is -0.274. The number of carbonyl (C=O) groups excluding carboxylic acids is 1. The predicted molar refractivity (Wildman–Crippen MR) is 120 cm³/mol. The second-order valence-electron chi connectivity index (χ2n) is 7.21. The lowest BCUT2D eigenvalue weighted by Gasteiger charge is -2.19. The number of fused-ring (bicyclic) bond motifs is 1. The van der Waals surface area contributed by atoms with Crippen molar-refractivity contribution < 1.29 is 9.53 Å². The Morgan fingerprint density at radius 3 is 2.50 bits per heavy atom. The number of methoxy groups -OCH3 is 1. The summed E-state index contributed by atoms with van der Waals surface area (Å²) in [7, 11) is 1.56. The van der Waals surface area contributed by atoms with Gasteiger partial charge in [0.2, 0.25) is 0 Å². The molecule has 0 fully saturated rings. The highest BCUT2D eigenvalue weighted by Gasteiger charge is 2.15. The maximum absolute atomic E-state index is 12.4. The van der Waals surface area contributed by atoms with Gasteiger partial charge >= 0.3 is 0 Å². The van der Waals surface area contributed by atoms with E-state index in [2.05, 4.69) is 36.4 Å². The van der Waals surface area contributed by atoms with Crippen LogP contribution in [0.25, 0.3) is 10.2 Å². The zero-order chi connectivity index (χ0) is 20.5. The monoisotopic (exact) mass is 433 g/mol. The molecule has 0 aliphatic heterocycles. The van der Waals surface area contributed by atoms with E-state index in [0.717, 1.165) is 15.8 Å². The number of benzene rings is 2. The minimum absolute atomic E-state index is 0.0320. The summed E-state index contributed by atoms with van der Waals surface area (Å²) >= 11 is 12.8. The summed E-state index contributed by atoms with van der Waals surface area (Å²) in [5.41, 5.74) is 2.46. The minimum Gasteiger partial charge on any atom is -0.495 e. The lowest BCUT2D eigenvalue weighted by atomic mass is 9.87. The van der Waals surface area contributed by atoms with Crippen LogP contribution in [0.15, 0.2) is 36.4 Å². The van der Waals surface area contributed by atoms with E-state index in [1.807, 2.05) is 18.2 Å². The molecule has 0 aliphatic carbocycles. The van der Waals surface area contributed by atoms with Gasteiger partial charge in [-0.3, -0.25) is 10.1 Å². The van der Waals surface area contributed by atoms with E-state index in [-0.39, 0.29) is 16.4 Å². The third kappa shape index (κ3) is 4.60. The second kappa shape index (κ2) is 8.03. The van der Waals surface area contributed by atoms with Crippen LogP contribution >= 0.6 is 35.2 Å². The van der Waals surface area contributed by atoms with Gasteiger partial charge in [-0.05, 0) is 41.4 Å². The molecule has 28 heavy (non-hydrogen) atoms. The van der Waals surface area contributed by atoms with Crippen molar-refractivity contribution >= 4 is 61.5 Å². The molecule has 0 radical (unpaired) electrons. The van der Waals surface area contributed by atoms with Gasteiger partial charge in [-0.2, -0.15) is 0 Å². The van der Waals surface area contributed by atoms with Crippen molar-refractivity contribution in [3.8, 4) is 5.75 Å². The van der Waals surface area contributed by atoms with Crippen molar-refractivity contribution in [1.29, 1.82) is 0 Å². The first kappa shape index (κ1) is 20.5. The van der Waals surface area contributed by atoms with Crippen LogP contribution in [0, 0.1) is 0 Å². The highest BCUT2D eigenvalue weighted by Crippen LogP contribution is 2.34. The fourth-order valence-electron chi connectivity index (χ4n) is 2.56. The van der Waals surface area contributed by atoms with Crippen molar-refractivity contribution in [3.05, 3.63) is 52.5 Å². The number of amides is 1. The van der Waals surface area contributed by atoms with Crippen LogP contribution in [-0.2, 0) is 5.41 Å². The smallest absolute Gasteiger partial charge is 0.257 e. The summed E-state index contributed by atoms with van der Waals surface area (Å²) in [4.78, 5) is 16.9. The highest BCUT2D eigenvalue weighted by atomic mass is 35.5. The van der Waals surface area contributed by atoms with Crippen molar-refractivity contribution in [2.24, 2.45) is 0 Å². The number of aromatic nitrogens is 1. The van der Waals surface area contributed by atoms with Crippen LogP contribution in [0.3, 0.4) is 0 Å². The van der Waals surface area contributed by atoms with E-state index in [1.165, 1.54) is 11.3 Å². The number of hydrogen-bond acceptors (Lipinski definition) is 5. The van der Waals surface area contributed by atoms with Crippen LogP contribution in [0.2, 0.25) is 5.02 Å². The lowest BCUT2D eigenvalue weighted by molar-refractivity contribution is 0.0977. The summed E-state index contributed by atoms with van der Waals surface area (Å²) in [6.07, 6.45) is 0. The average molecular weight is 434 g/mol. The molecule has 0 saturated heterocycles. The maximum Gasteiger partial charge on any atom is 0.257 e. The van der Waals surface area contributed by atoms with Crippen LogP contribution < -0.4 is 15.4 Å². The number of thiocarbonyl (C=S) groups is 1. The molecule has 8 heteroatoms. The van der Waals surface area contributed by atoms with E-state index in [9.17, 15) is 4.79 Å². The van der Waals surface area contributed by atoms with Crippen LogP contribution in [0.5, 0.6) is 5.75 Å².